The fourth-order valence-corrected chi connectivity index (χ4v) is 4.28. The Morgan fingerprint density at radius 3 is 2.72 bits per heavy atom. The standard InChI is InChI=1S/C26H32N8OS/c1-2-29-23-9-8-18(17-31-23)30-12-4-7-22-24(36)26(34-13-15-35-16-14-34)33-25(32-22)20-5-3-6-21(28)19(20)10-11-27/h3-9,11,17,27,30,36H,2,10,12-16,28H2,1H3,(H,29,31)/b7-4+,27-11?. The molecule has 0 spiro atoms. The summed E-state index contributed by atoms with van der Waals surface area (Å²) < 4.78 is 5.53. The lowest BCUT2D eigenvalue weighted by molar-refractivity contribution is 0.122. The van der Waals surface area contributed by atoms with Gasteiger partial charge in [0.25, 0.3) is 0 Å². The number of hydrogen-bond acceptors (Lipinski definition) is 10. The Bertz CT molecular complexity index is 1210. The molecule has 0 bridgehead atoms. The molecule has 1 saturated heterocycles. The van der Waals surface area contributed by atoms with E-state index in [1.165, 1.54) is 6.21 Å². The van der Waals surface area contributed by atoms with E-state index < -0.39 is 0 Å². The lowest BCUT2D eigenvalue weighted by Crippen LogP contribution is -2.37. The highest BCUT2D eigenvalue weighted by atomic mass is 32.1. The molecule has 0 unspecified atom stereocenters. The van der Waals surface area contributed by atoms with Crippen molar-refractivity contribution in [1.82, 2.24) is 15.0 Å². The Morgan fingerprint density at radius 2 is 2.00 bits per heavy atom. The van der Waals surface area contributed by atoms with Gasteiger partial charge in [-0.2, -0.15) is 0 Å². The largest absolute Gasteiger partial charge is 0.398 e. The fraction of sp³-hybridized carbons (Fsp3) is 0.308. The number of hydrogen-bond donors (Lipinski definition) is 5. The maximum atomic E-state index is 7.61. The molecule has 10 heteroatoms. The fourth-order valence-electron chi connectivity index (χ4n) is 3.97. The monoisotopic (exact) mass is 504 g/mol. The second-order valence-corrected chi connectivity index (χ2v) is 8.68. The van der Waals surface area contributed by atoms with Gasteiger partial charge in [-0.25, -0.2) is 15.0 Å². The molecule has 36 heavy (non-hydrogen) atoms. The van der Waals surface area contributed by atoms with Gasteiger partial charge in [0.15, 0.2) is 5.82 Å². The van der Waals surface area contributed by atoms with Gasteiger partial charge in [-0.3, -0.25) is 0 Å². The summed E-state index contributed by atoms with van der Waals surface area (Å²) in [6.45, 7) is 6.21. The number of anilines is 4. The van der Waals surface area contributed by atoms with Crippen LogP contribution >= 0.6 is 12.6 Å². The SMILES string of the molecule is CCNc1ccc(NC/C=C/c2nc(-c3cccc(N)c3CC=N)nc(N3CCOCC3)c2S)cn1. The summed E-state index contributed by atoms with van der Waals surface area (Å²) in [5.74, 6) is 2.19. The molecule has 0 saturated carbocycles. The summed E-state index contributed by atoms with van der Waals surface area (Å²) in [6.07, 6.45) is 7.52. The minimum absolute atomic E-state index is 0.413. The maximum Gasteiger partial charge on any atom is 0.162 e. The molecule has 188 valence electrons. The molecule has 1 aliphatic heterocycles. The highest BCUT2D eigenvalue weighted by Gasteiger charge is 2.21. The van der Waals surface area contributed by atoms with Crippen molar-refractivity contribution in [3.63, 3.8) is 0 Å². The van der Waals surface area contributed by atoms with E-state index in [-0.39, 0.29) is 0 Å². The summed E-state index contributed by atoms with van der Waals surface area (Å²) in [5.41, 5.74) is 10.2. The zero-order chi connectivity index (χ0) is 25.3. The van der Waals surface area contributed by atoms with Gasteiger partial charge < -0.3 is 31.4 Å². The summed E-state index contributed by atoms with van der Waals surface area (Å²) in [6, 6.07) is 9.62. The van der Waals surface area contributed by atoms with Crippen LogP contribution in [0.4, 0.5) is 23.0 Å². The van der Waals surface area contributed by atoms with Crippen LogP contribution in [0.1, 0.15) is 18.2 Å². The summed E-state index contributed by atoms with van der Waals surface area (Å²) in [4.78, 5) is 17.0. The van der Waals surface area contributed by atoms with E-state index in [4.69, 9.17) is 38.5 Å². The number of nitrogens with one attached hydrogen (secondary N) is 3. The predicted octanol–water partition coefficient (Wildman–Crippen LogP) is 4.00. The molecule has 1 aromatic carbocycles. The van der Waals surface area contributed by atoms with Gasteiger partial charge in [-0.1, -0.05) is 18.2 Å². The Balaban J connectivity index is 1.63. The maximum absolute atomic E-state index is 7.61. The molecule has 0 aliphatic carbocycles. The van der Waals surface area contributed by atoms with Crippen LogP contribution in [0.3, 0.4) is 0 Å². The molecule has 5 N–H and O–H groups in total. The quantitative estimate of drug-likeness (QED) is 0.159. The van der Waals surface area contributed by atoms with Gasteiger partial charge in [0.05, 0.1) is 35.7 Å². The first-order chi connectivity index (χ1) is 17.6. The number of rotatable bonds is 10. The summed E-state index contributed by atoms with van der Waals surface area (Å²) in [5, 5.41) is 14.1. The van der Waals surface area contributed by atoms with Gasteiger partial charge in [0, 0.05) is 43.9 Å². The molecular formula is C26H32N8OS. The molecule has 3 heterocycles. The lowest BCUT2D eigenvalue weighted by atomic mass is 10.0. The topological polar surface area (TPSA) is 125 Å². The van der Waals surface area contributed by atoms with Gasteiger partial charge in [-0.05, 0) is 43.0 Å². The van der Waals surface area contributed by atoms with E-state index in [1.807, 2.05) is 49.4 Å². The van der Waals surface area contributed by atoms with E-state index >= 15 is 0 Å². The first kappa shape index (κ1) is 25.5. The smallest absolute Gasteiger partial charge is 0.162 e. The zero-order valence-electron chi connectivity index (χ0n) is 20.4. The van der Waals surface area contributed by atoms with Crippen molar-refractivity contribution < 1.29 is 4.74 Å². The number of nitrogens with two attached hydrogens (primary N) is 1. The van der Waals surface area contributed by atoms with Crippen LogP contribution in [0.5, 0.6) is 0 Å². The molecule has 0 atom stereocenters. The summed E-state index contributed by atoms with van der Waals surface area (Å²) in [7, 11) is 0. The number of pyridine rings is 1. The Morgan fingerprint density at radius 1 is 1.17 bits per heavy atom. The van der Waals surface area contributed by atoms with E-state index in [2.05, 4.69) is 20.5 Å². The molecule has 1 aliphatic rings. The van der Waals surface area contributed by atoms with E-state index in [1.54, 1.807) is 6.20 Å². The van der Waals surface area contributed by atoms with Crippen molar-refractivity contribution in [2.45, 2.75) is 18.2 Å². The van der Waals surface area contributed by atoms with Crippen molar-refractivity contribution in [3.8, 4) is 11.4 Å². The molecule has 9 nitrogen and oxygen atoms in total. The average molecular weight is 505 g/mol. The third-order valence-electron chi connectivity index (χ3n) is 5.78. The van der Waals surface area contributed by atoms with E-state index in [9.17, 15) is 0 Å². The predicted molar refractivity (Wildman–Crippen MR) is 151 cm³/mol. The van der Waals surface area contributed by atoms with Crippen molar-refractivity contribution in [2.75, 3.05) is 60.7 Å². The molecule has 0 amide bonds. The number of nitrogen functional groups attached to an aromatic ring is 1. The second-order valence-electron chi connectivity index (χ2n) is 8.23. The molecule has 1 fully saturated rings. The third kappa shape index (κ3) is 6.13. The first-order valence-corrected chi connectivity index (χ1v) is 12.5. The Hall–Kier alpha value is -3.63. The van der Waals surface area contributed by atoms with Crippen LogP contribution in [0, 0.1) is 5.41 Å². The Labute approximate surface area is 217 Å². The van der Waals surface area contributed by atoms with Crippen LogP contribution in [-0.4, -0.2) is 60.6 Å². The van der Waals surface area contributed by atoms with Gasteiger partial charge in [0.2, 0.25) is 0 Å². The molecule has 2 aromatic heterocycles. The second kappa shape index (κ2) is 12.4. The molecule has 3 aromatic rings. The third-order valence-corrected chi connectivity index (χ3v) is 6.21. The number of thiol groups is 1. The minimum atomic E-state index is 0.413. The number of aromatic nitrogens is 3. The van der Waals surface area contributed by atoms with Crippen LogP contribution in [0.2, 0.25) is 0 Å². The lowest BCUT2D eigenvalue weighted by Gasteiger charge is -2.29. The highest BCUT2D eigenvalue weighted by Crippen LogP contribution is 2.32. The number of ether oxygens (including phenoxy) is 1. The van der Waals surface area contributed by atoms with Crippen LogP contribution < -0.4 is 21.3 Å². The van der Waals surface area contributed by atoms with Crippen LogP contribution in [-0.2, 0) is 11.2 Å². The summed E-state index contributed by atoms with van der Waals surface area (Å²) >= 11 is 4.82. The molecular weight excluding hydrogens is 472 g/mol. The van der Waals surface area contributed by atoms with E-state index in [0.717, 1.165) is 53.8 Å². The first-order valence-electron chi connectivity index (χ1n) is 12.0. The van der Waals surface area contributed by atoms with Crippen molar-refractivity contribution in [3.05, 3.63) is 53.9 Å². The van der Waals surface area contributed by atoms with Crippen molar-refractivity contribution in [1.29, 1.82) is 5.41 Å². The van der Waals surface area contributed by atoms with Crippen LogP contribution in [0.25, 0.3) is 17.5 Å². The molecule has 4 rings (SSSR count). The van der Waals surface area contributed by atoms with E-state index in [0.29, 0.717) is 42.6 Å². The van der Waals surface area contributed by atoms with Gasteiger partial charge in [-0.15, -0.1) is 12.6 Å². The number of morpholine rings is 1. The number of nitrogens with zero attached hydrogens (tertiary/aromatic N) is 4. The van der Waals surface area contributed by atoms with Gasteiger partial charge in [0.1, 0.15) is 11.6 Å². The normalized spacial score (nSPS) is 13.7. The molecule has 0 radical (unpaired) electrons. The van der Waals surface area contributed by atoms with Crippen LogP contribution in [0.15, 0.2) is 47.5 Å². The van der Waals surface area contributed by atoms with Crippen molar-refractivity contribution in [2.24, 2.45) is 0 Å². The number of benzene rings is 1. The minimum Gasteiger partial charge on any atom is -0.398 e. The Kier molecular flexibility index (Phi) is 8.75. The van der Waals surface area contributed by atoms with Gasteiger partial charge >= 0.3 is 0 Å². The van der Waals surface area contributed by atoms with Crippen molar-refractivity contribution >= 4 is 47.9 Å². The highest BCUT2D eigenvalue weighted by molar-refractivity contribution is 7.80. The average Bonchev–Trinajstić information content (AvgIpc) is 2.90. The zero-order valence-corrected chi connectivity index (χ0v) is 21.3.